The summed E-state index contributed by atoms with van der Waals surface area (Å²) in [6, 6.07) is 5.85. The van der Waals surface area contributed by atoms with Gasteiger partial charge in [0, 0.05) is 5.54 Å². The van der Waals surface area contributed by atoms with Gasteiger partial charge < -0.3 is 5.73 Å². The van der Waals surface area contributed by atoms with E-state index in [0.29, 0.717) is 10.0 Å². The standard InChI is InChI=1S/C17H25Cl2N/c1-15(2)9-16(3,4)11-17(20,10-15)8-12-5-6-13(18)14(19)7-12/h5-7H,8-11,20H2,1-4H3. The normalized spacial score (nSPS) is 23.6. The van der Waals surface area contributed by atoms with Gasteiger partial charge >= 0.3 is 0 Å². The summed E-state index contributed by atoms with van der Waals surface area (Å²) in [5.74, 6) is 0. The topological polar surface area (TPSA) is 26.0 Å². The van der Waals surface area contributed by atoms with Gasteiger partial charge in [0.15, 0.2) is 0 Å². The highest BCUT2D eigenvalue weighted by atomic mass is 35.5. The molecule has 0 saturated heterocycles. The van der Waals surface area contributed by atoms with Crippen LogP contribution in [0, 0.1) is 10.8 Å². The van der Waals surface area contributed by atoms with E-state index in [4.69, 9.17) is 28.9 Å². The zero-order valence-corrected chi connectivity index (χ0v) is 14.4. The third kappa shape index (κ3) is 3.90. The Labute approximate surface area is 132 Å². The number of benzene rings is 1. The van der Waals surface area contributed by atoms with Gasteiger partial charge in [-0.15, -0.1) is 0 Å². The molecule has 2 N–H and O–H groups in total. The molecule has 0 bridgehead atoms. The summed E-state index contributed by atoms with van der Waals surface area (Å²) < 4.78 is 0. The van der Waals surface area contributed by atoms with Crippen molar-refractivity contribution in [3.63, 3.8) is 0 Å². The molecule has 0 radical (unpaired) electrons. The van der Waals surface area contributed by atoms with Crippen LogP contribution in [0.25, 0.3) is 0 Å². The Morgan fingerprint density at radius 2 is 1.50 bits per heavy atom. The number of halogens is 2. The van der Waals surface area contributed by atoms with E-state index in [1.54, 1.807) is 0 Å². The molecule has 1 aliphatic carbocycles. The van der Waals surface area contributed by atoms with Crippen molar-refractivity contribution in [2.45, 2.75) is 58.9 Å². The highest BCUT2D eigenvalue weighted by molar-refractivity contribution is 6.42. The van der Waals surface area contributed by atoms with Crippen LogP contribution in [0.2, 0.25) is 10.0 Å². The lowest BCUT2D eigenvalue weighted by molar-refractivity contribution is 0.0487. The molecular weight excluding hydrogens is 289 g/mol. The maximum atomic E-state index is 6.75. The molecule has 0 heterocycles. The van der Waals surface area contributed by atoms with Gasteiger partial charge in [0.1, 0.15) is 0 Å². The summed E-state index contributed by atoms with van der Waals surface area (Å²) in [6.07, 6.45) is 4.17. The summed E-state index contributed by atoms with van der Waals surface area (Å²) in [6.45, 7) is 9.30. The lowest BCUT2D eigenvalue weighted by Gasteiger charge is -2.50. The summed E-state index contributed by atoms with van der Waals surface area (Å²) in [5.41, 5.74) is 8.34. The van der Waals surface area contributed by atoms with Crippen molar-refractivity contribution in [2.24, 2.45) is 16.6 Å². The van der Waals surface area contributed by atoms with Crippen molar-refractivity contribution in [1.82, 2.24) is 0 Å². The first-order chi connectivity index (χ1) is 9.00. The van der Waals surface area contributed by atoms with E-state index in [1.165, 1.54) is 12.0 Å². The van der Waals surface area contributed by atoms with Crippen molar-refractivity contribution < 1.29 is 0 Å². The van der Waals surface area contributed by atoms with Gasteiger partial charge in [-0.2, -0.15) is 0 Å². The molecule has 0 amide bonds. The van der Waals surface area contributed by atoms with Gasteiger partial charge in [0.25, 0.3) is 0 Å². The Kier molecular flexibility index (Phi) is 4.19. The fourth-order valence-corrected chi connectivity index (χ4v) is 4.89. The van der Waals surface area contributed by atoms with Crippen molar-refractivity contribution in [2.75, 3.05) is 0 Å². The smallest absolute Gasteiger partial charge is 0.0595 e. The lowest BCUT2D eigenvalue weighted by atomic mass is 9.57. The molecule has 20 heavy (non-hydrogen) atoms. The monoisotopic (exact) mass is 313 g/mol. The minimum absolute atomic E-state index is 0.164. The third-order valence-corrected chi connectivity index (χ3v) is 4.90. The molecule has 0 aromatic heterocycles. The molecule has 0 spiro atoms. The number of hydrogen-bond donors (Lipinski definition) is 1. The van der Waals surface area contributed by atoms with Crippen molar-refractivity contribution in [3.05, 3.63) is 33.8 Å². The molecular formula is C17H25Cl2N. The average Bonchev–Trinajstić information content (AvgIpc) is 2.17. The molecule has 3 heteroatoms. The van der Waals surface area contributed by atoms with E-state index in [0.717, 1.165) is 19.3 Å². The molecule has 2 rings (SSSR count). The molecule has 1 aliphatic rings. The minimum atomic E-state index is -0.164. The predicted molar refractivity (Wildman–Crippen MR) is 88.5 cm³/mol. The maximum Gasteiger partial charge on any atom is 0.0595 e. The van der Waals surface area contributed by atoms with Crippen LogP contribution in [0.5, 0.6) is 0 Å². The molecule has 1 aromatic rings. The van der Waals surface area contributed by atoms with E-state index in [9.17, 15) is 0 Å². The van der Waals surface area contributed by atoms with Crippen LogP contribution in [0.15, 0.2) is 18.2 Å². The zero-order valence-electron chi connectivity index (χ0n) is 12.9. The quantitative estimate of drug-likeness (QED) is 0.769. The van der Waals surface area contributed by atoms with Crippen LogP contribution in [0.4, 0.5) is 0 Å². The molecule has 1 aromatic carbocycles. The van der Waals surface area contributed by atoms with Crippen molar-refractivity contribution in [1.29, 1.82) is 0 Å². The zero-order chi connectivity index (χ0) is 15.2. The first kappa shape index (κ1) is 16.1. The van der Waals surface area contributed by atoms with Gasteiger partial charge in [-0.25, -0.2) is 0 Å². The van der Waals surface area contributed by atoms with Crippen LogP contribution in [-0.4, -0.2) is 5.54 Å². The molecule has 1 fully saturated rings. The van der Waals surface area contributed by atoms with Gasteiger partial charge in [0.05, 0.1) is 10.0 Å². The predicted octanol–water partition coefficient (Wildman–Crippen LogP) is 5.47. The first-order valence-corrected chi connectivity index (χ1v) is 7.99. The van der Waals surface area contributed by atoms with Crippen molar-refractivity contribution in [3.8, 4) is 0 Å². The highest BCUT2D eigenvalue weighted by Gasteiger charge is 2.45. The molecule has 1 nitrogen and oxygen atoms in total. The first-order valence-electron chi connectivity index (χ1n) is 7.23. The van der Waals surface area contributed by atoms with E-state index in [2.05, 4.69) is 27.7 Å². The molecule has 1 saturated carbocycles. The molecule has 0 aliphatic heterocycles. The van der Waals surface area contributed by atoms with Gasteiger partial charge in [-0.05, 0) is 54.2 Å². The van der Waals surface area contributed by atoms with E-state index < -0.39 is 0 Å². The van der Waals surface area contributed by atoms with Crippen LogP contribution in [0.1, 0.15) is 52.5 Å². The number of rotatable bonds is 2. The van der Waals surface area contributed by atoms with Crippen LogP contribution >= 0.6 is 23.2 Å². The fraction of sp³-hybridized carbons (Fsp3) is 0.647. The fourth-order valence-electron chi connectivity index (χ4n) is 4.57. The van der Waals surface area contributed by atoms with Crippen molar-refractivity contribution >= 4 is 23.2 Å². The number of nitrogens with two attached hydrogens (primary N) is 1. The molecule has 0 atom stereocenters. The Bertz CT molecular complexity index is 490. The number of hydrogen-bond acceptors (Lipinski definition) is 1. The molecule has 112 valence electrons. The SMILES string of the molecule is CC1(C)CC(C)(C)CC(N)(Cc2ccc(Cl)c(Cl)c2)C1. The third-order valence-electron chi connectivity index (χ3n) is 4.16. The Morgan fingerprint density at radius 3 is 2.00 bits per heavy atom. The highest BCUT2D eigenvalue weighted by Crippen LogP contribution is 2.50. The molecule has 0 unspecified atom stereocenters. The Hall–Kier alpha value is -0.240. The second-order valence-electron chi connectivity index (χ2n) is 8.15. The van der Waals surface area contributed by atoms with E-state index >= 15 is 0 Å². The minimum Gasteiger partial charge on any atom is -0.325 e. The summed E-state index contributed by atoms with van der Waals surface area (Å²) >= 11 is 12.1. The largest absolute Gasteiger partial charge is 0.325 e. The van der Waals surface area contributed by atoms with Gasteiger partial charge in [-0.1, -0.05) is 57.0 Å². The average molecular weight is 314 g/mol. The lowest BCUT2D eigenvalue weighted by Crippen LogP contribution is -2.53. The van der Waals surface area contributed by atoms with Gasteiger partial charge in [-0.3, -0.25) is 0 Å². The van der Waals surface area contributed by atoms with E-state index in [-0.39, 0.29) is 16.4 Å². The summed E-state index contributed by atoms with van der Waals surface area (Å²) in [7, 11) is 0. The second kappa shape index (κ2) is 5.19. The Morgan fingerprint density at radius 1 is 0.950 bits per heavy atom. The Balaban J connectivity index is 2.23. The van der Waals surface area contributed by atoms with Crippen LogP contribution in [0.3, 0.4) is 0 Å². The van der Waals surface area contributed by atoms with Crippen LogP contribution < -0.4 is 5.73 Å². The van der Waals surface area contributed by atoms with Crippen LogP contribution in [-0.2, 0) is 6.42 Å². The maximum absolute atomic E-state index is 6.75. The summed E-state index contributed by atoms with van der Waals surface area (Å²) in [5, 5.41) is 1.22. The second-order valence-corrected chi connectivity index (χ2v) is 8.96. The van der Waals surface area contributed by atoms with Gasteiger partial charge in [0.2, 0.25) is 0 Å². The summed E-state index contributed by atoms with van der Waals surface area (Å²) in [4.78, 5) is 0. The van der Waals surface area contributed by atoms with E-state index in [1.807, 2.05) is 18.2 Å².